The molecule has 2 aromatic heterocycles. The number of rotatable bonds is 3. The fraction of sp³-hybridized carbons (Fsp3) is 0.250. The maximum Gasteiger partial charge on any atom is 0.468 e. The summed E-state index contributed by atoms with van der Waals surface area (Å²) in [5.41, 5.74) is 2.24. The molecule has 2 unspecified atom stereocenters. The van der Waals surface area contributed by atoms with Crippen LogP contribution < -0.4 is 9.47 Å². The zero-order valence-corrected chi connectivity index (χ0v) is 14.1. The van der Waals surface area contributed by atoms with Crippen molar-refractivity contribution in [2.45, 2.75) is 30.3 Å². The van der Waals surface area contributed by atoms with Crippen molar-refractivity contribution < 1.29 is 26.9 Å². The lowest BCUT2D eigenvalue weighted by Crippen LogP contribution is -2.43. The van der Waals surface area contributed by atoms with Crippen LogP contribution in [0.1, 0.15) is 11.3 Å². The summed E-state index contributed by atoms with van der Waals surface area (Å²) in [4.78, 5) is 11.1. The minimum absolute atomic E-state index is 0.138. The van der Waals surface area contributed by atoms with Gasteiger partial charge in [-0.2, -0.15) is 13.2 Å². The maximum atomic E-state index is 13.3. The minimum Gasteiger partial charge on any atom is -0.447 e. The van der Waals surface area contributed by atoms with E-state index < -0.39 is 23.3 Å². The van der Waals surface area contributed by atoms with E-state index >= 15 is 0 Å². The Hall–Kier alpha value is -2.62. The van der Waals surface area contributed by atoms with E-state index in [1.165, 1.54) is 12.1 Å². The zero-order valence-electron chi connectivity index (χ0n) is 13.3. The predicted octanol–water partition coefficient (Wildman–Crippen LogP) is 3.23. The molecular formula is C16H12F3N3O3S. The van der Waals surface area contributed by atoms with Crippen LogP contribution in [0.3, 0.4) is 0 Å². The Bertz CT molecular complexity index is 1020. The van der Waals surface area contributed by atoms with Crippen LogP contribution in [-0.2, 0) is 16.6 Å². The van der Waals surface area contributed by atoms with Gasteiger partial charge < -0.3 is 14.5 Å². The number of nitrogens with one attached hydrogen (secondary N) is 1. The van der Waals surface area contributed by atoms with E-state index in [4.69, 9.17) is 0 Å². The average molecular weight is 383 g/mol. The normalized spacial score (nSPS) is 19.5. The lowest BCUT2D eigenvalue weighted by molar-refractivity contribution is -0.281. The molecule has 10 heteroatoms. The fourth-order valence-corrected chi connectivity index (χ4v) is 3.51. The first-order valence-corrected chi connectivity index (χ1v) is 8.85. The average Bonchev–Trinajstić information content (AvgIpc) is 2.96. The highest BCUT2D eigenvalue weighted by atomic mass is 32.2. The van der Waals surface area contributed by atoms with Gasteiger partial charge in [-0.05, 0) is 24.6 Å². The lowest BCUT2D eigenvalue weighted by atomic mass is 10.2. The number of aromatic nitrogens is 3. The first kappa shape index (κ1) is 16.8. The lowest BCUT2D eigenvalue weighted by Gasteiger charge is -2.28. The van der Waals surface area contributed by atoms with Crippen LogP contribution >= 0.6 is 0 Å². The van der Waals surface area contributed by atoms with Gasteiger partial charge in [-0.3, -0.25) is 9.19 Å². The van der Waals surface area contributed by atoms with E-state index in [9.17, 15) is 17.4 Å². The molecule has 26 heavy (non-hydrogen) atoms. The number of aryl methyl sites for hydroxylation is 1. The maximum absolute atomic E-state index is 13.3. The highest BCUT2D eigenvalue weighted by Gasteiger charge is 2.49. The Labute approximate surface area is 147 Å². The number of nitrogens with zero attached hydrogens (tertiary/aromatic N) is 2. The van der Waals surface area contributed by atoms with Crippen molar-refractivity contribution in [1.29, 1.82) is 0 Å². The first-order valence-electron chi connectivity index (χ1n) is 7.53. The predicted molar refractivity (Wildman–Crippen MR) is 86.3 cm³/mol. The number of benzene rings is 1. The van der Waals surface area contributed by atoms with Crippen LogP contribution in [0.4, 0.5) is 13.2 Å². The first-order chi connectivity index (χ1) is 12.3. The standard InChI is InChI=1S/C16H12F3N3O3S/c1-8-2-3-20-9(4-8)7-26(23)15-21-10-5-12-13(6-11(10)22-15)25-16(18,19)14(17)24-12/h2-6,14H,7H2,1H3,(H,21,22). The fourth-order valence-electron chi connectivity index (χ4n) is 2.53. The molecule has 1 N–H and O–H groups in total. The Morgan fingerprint density at radius 3 is 2.88 bits per heavy atom. The molecule has 0 fully saturated rings. The number of ether oxygens (including phenoxy) is 2. The summed E-state index contributed by atoms with van der Waals surface area (Å²) in [5.74, 6) is -0.378. The van der Waals surface area contributed by atoms with E-state index in [2.05, 4.69) is 24.4 Å². The van der Waals surface area contributed by atoms with Crippen LogP contribution in [0.25, 0.3) is 11.0 Å². The van der Waals surface area contributed by atoms with E-state index in [-0.39, 0.29) is 22.4 Å². The third-order valence-corrected chi connectivity index (χ3v) is 4.92. The van der Waals surface area contributed by atoms with Crippen LogP contribution in [-0.4, -0.2) is 31.6 Å². The number of hydrogen-bond acceptors (Lipinski definition) is 5. The van der Waals surface area contributed by atoms with E-state index in [1.807, 2.05) is 19.1 Å². The number of pyridine rings is 1. The Morgan fingerprint density at radius 1 is 1.31 bits per heavy atom. The monoisotopic (exact) mass is 383 g/mol. The largest absolute Gasteiger partial charge is 0.468 e. The van der Waals surface area contributed by atoms with Crippen LogP contribution in [0.15, 0.2) is 35.6 Å². The van der Waals surface area contributed by atoms with Crippen molar-refractivity contribution in [2.75, 3.05) is 0 Å². The van der Waals surface area contributed by atoms with Crippen LogP contribution in [0.5, 0.6) is 11.5 Å². The molecule has 0 radical (unpaired) electrons. The summed E-state index contributed by atoms with van der Waals surface area (Å²) in [5, 5.41) is 0.147. The minimum atomic E-state index is -4.08. The zero-order chi connectivity index (χ0) is 18.5. The highest BCUT2D eigenvalue weighted by molar-refractivity contribution is 7.84. The van der Waals surface area contributed by atoms with Crippen molar-refractivity contribution in [2.24, 2.45) is 0 Å². The van der Waals surface area contributed by atoms with Gasteiger partial charge in [-0.15, -0.1) is 0 Å². The second kappa shape index (κ2) is 5.97. The molecule has 1 aromatic carbocycles. The second-order valence-electron chi connectivity index (χ2n) is 5.77. The number of alkyl halides is 3. The Morgan fingerprint density at radius 2 is 2.12 bits per heavy atom. The van der Waals surface area contributed by atoms with E-state index in [0.717, 1.165) is 5.56 Å². The number of hydrogen-bond donors (Lipinski definition) is 1. The van der Waals surface area contributed by atoms with Gasteiger partial charge in [0.05, 0.1) is 33.3 Å². The van der Waals surface area contributed by atoms with Gasteiger partial charge in [0.2, 0.25) is 0 Å². The molecule has 0 amide bonds. The second-order valence-corrected chi connectivity index (χ2v) is 7.14. The summed E-state index contributed by atoms with van der Waals surface area (Å²) >= 11 is 0. The summed E-state index contributed by atoms with van der Waals surface area (Å²) < 4.78 is 61.2. The molecule has 0 saturated heterocycles. The molecule has 0 bridgehead atoms. The number of halogens is 3. The van der Waals surface area contributed by atoms with Gasteiger partial charge in [0.15, 0.2) is 16.7 Å². The summed E-state index contributed by atoms with van der Waals surface area (Å²) in [7, 11) is -1.53. The molecule has 0 saturated carbocycles. The topological polar surface area (TPSA) is 77.1 Å². The van der Waals surface area contributed by atoms with Gasteiger partial charge in [0.25, 0.3) is 0 Å². The molecular weight excluding hydrogens is 371 g/mol. The van der Waals surface area contributed by atoms with Crippen molar-refractivity contribution >= 4 is 21.8 Å². The molecule has 6 nitrogen and oxygen atoms in total. The molecule has 3 heterocycles. The molecule has 136 valence electrons. The van der Waals surface area contributed by atoms with E-state index in [0.29, 0.717) is 16.7 Å². The molecule has 0 aliphatic carbocycles. The molecule has 3 aromatic rings. The molecule has 2 atom stereocenters. The van der Waals surface area contributed by atoms with Crippen molar-refractivity contribution in [1.82, 2.24) is 15.0 Å². The van der Waals surface area contributed by atoms with Crippen molar-refractivity contribution in [3.8, 4) is 11.5 Å². The van der Waals surface area contributed by atoms with Crippen molar-refractivity contribution in [3.05, 3.63) is 41.7 Å². The third-order valence-electron chi connectivity index (χ3n) is 3.73. The van der Waals surface area contributed by atoms with E-state index in [1.54, 1.807) is 6.20 Å². The smallest absolute Gasteiger partial charge is 0.447 e. The number of fused-ring (bicyclic) bond motifs is 2. The van der Waals surface area contributed by atoms with Crippen LogP contribution in [0, 0.1) is 6.92 Å². The van der Waals surface area contributed by atoms with Gasteiger partial charge in [-0.1, -0.05) is 0 Å². The molecule has 4 rings (SSSR count). The van der Waals surface area contributed by atoms with Gasteiger partial charge >= 0.3 is 12.5 Å². The molecule has 0 spiro atoms. The molecule has 1 aliphatic rings. The SMILES string of the molecule is Cc1ccnc(CS(=O)c2nc3cc4c(cc3[nH]2)OC(F)(F)C(F)O4)c1. The summed E-state index contributed by atoms with van der Waals surface area (Å²) in [6.45, 7) is 1.90. The molecule has 1 aliphatic heterocycles. The third kappa shape index (κ3) is 3.00. The van der Waals surface area contributed by atoms with Gasteiger partial charge in [0.1, 0.15) is 0 Å². The van der Waals surface area contributed by atoms with Crippen molar-refractivity contribution in [3.63, 3.8) is 0 Å². The summed E-state index contributed by atoms with van der Waals surface area (Å²) in [6, 6.07) is 6.11. The van der Waals surface area contributed by atoms with Crippen LogP contribution in [0.2, 0.25) is 0 Å². The van der Waals surface area contributed by atoms with Gasteiger partial charge in [0, 0.05) is 18.3 Å². The highest BCUT2D eigenvalue weighted by Crippen LogP contribution is 2.42. The Kier molecular flexibility index (Phi) is 3.87. The quantitative estimate of drug-likeness (QED) is 0.751. The number of imidazole rings is 1. The number of H-pyrrole nitrogens is 1. The van der Waals surface area contributed by atoms with Gasteiger partial charge in [-0.25, -0.2) is 4.98 Å². The number of aromatic amines is 1. The Balaban J connectivity index is 1.65. The summed E-state index contributed by atoms with van der Waals surface area (Å²) in [6.07, 6.45) is -5.37.